The molecule has 0 spiro atoms. The number of carbonyl (C=O) groups excluding carboxylic acids is 2. The van der Waals surface area contributed by atoms with Gasteiger partial charge in [-0.1, -0.05) is 30.3 Å². The molecule has 0 radical (unpaired) electrons. The van der Waals surface area contributed by atoms with E-state index in [0.29, 0.717) is 5.56 Å². The first-order valence-corrected chi connectivity index (χ1v) is 9.05. The molecule has 1 heterocycles. The van der Waals surface area contributed by atoms with E-state index in [1.807, 2.05) is 18.2 Å². The van der Waals surface area contributed by atoms with Crippen LogP contribution in [-0.4, -0.2) is 36.9 Å². The molecule has 5 heteroatoms. The van der Waals surface area contributed by atoms with Gasteiger partial charge in [-0.25, -0.2) is 0 Å². The smallest absolute Gasteiger partial charge is 0.251 e. The summed E-state index contributed by atoms with van der Waals surface area (Å²) in [6.07, 6.45) is 1.94. The molecule has 0 aromatic heterocycles. The Morgan fingerprint density at radius 2 is 1.81 bits per heavy atom. The van der Waals surface area contributed by atoms with Crippen molar-refractivity contribution < 1.29 is 9.59 Å². The van der Waals surface area contributed by atoms with Crippen molar-refractivity contribution >= 4 is 17.5 Å². The fourth-order valence-electron chi connectivity index (χ4n) is 3.35. The van der Waals surface area contributed by atoms with Crippen LogP contribution in [0, 0.1) is 5.92 Å². The molecular weight excluding hydrogens is 326 g/mol. The van der Waals surface area contributed by atoms with Crippen LogP contribution < -0.4 is 10.6 Å². The third-order valence-corrected chi connectivity index (χ3v) is 4.77. The quantitative estimate of drug-likeness (QED) is 0.871. The van der Waals surface area contributed by atoms with E-state index >= 15 is 0 Å². The van der Waals surface area contributed by atoms with Crippen LogP contribution in [0.4, 0.5) is 5.69 Å². The predicted octanol–water partition coefficient (Wildman–Crippen LogP) is 2.90. The molecule has 0 bridgehead atoms. The number of likely N-dealkylation sites (tertiary alicyclic amines) is 1. The van der Waals surface area contributed by atoms with Gasteiger partial charge in [-0.2, -0.15) is 0 Å². The van der Waals surface area contributed by atoms with Crippen LogP contribution in [0.25, 0.3) is 0 Å². The van der Waals surface area contributed by atoms with Gasteiger partial charge in [0.2, 0.25) is 5.91 Å². The van der Waals surface area contributed by atoms with Crippen molar-refractivity contribution in [3.63, 3.8) is 0 Å². The Labute approximate surface area is 154 Å². The second kappa shape index (κ2) is 8.63. The maximum Gasteiger partial charge on any atom is 0.251 e. The molecule has 0 aliphatic carbocycles. The predicted molar refractivity (Wildman–Crippen MR) is 103 cm³/mol. The summed E-state index contributed by atoms with van der Waals surface area (Å²) in [6, 6.07) is 17.3. The van der Waals surface area contributed by atoms with Gasteiger partial charge in [0.15, 0.2) is 0 Å². The average molecular weight is 351 g/mol. The van der Waals surface area contributed by atoms with Crippen LogP contribution in [0.2, 0.25) is 0 Å². The van der Waals surface area contributed by atoms with E-state index in [9.17, 15) is 9.59 Å². The molecule has 1 fully saturated rings. The highest BCUT2D eigenvalue weighted by Gasteiger charge is 2.25. The van der Waals surface area contributed by atoms with E-state index in [1.54, 1.807) is 31.3 Å². The van der Waals surface area contributed by atoms with Crippen LogP contribution >= 0.6 is 0 Å². The Balaban J connectivity index is 1.56. The summed E-state index contributed by atoms with van der Waals surface area (Å²) < 4.78 is 0. The van der Waals surface area contributed by atoms with Crippen molar-refractivity contribution in [2.45, 2.75) is 19.4 Å². The molecule has 2 aromatic rings. The first-order valence-electron chi connectivity index (χ1n) is 9.05. The molecule has 2 aromatic carbocycles. The summed E-state index contributed by atoms with van der Waals surface area (Å²) >= 11 is 0. The van der Waals surface area contributed by atoms with Gasteiger partial charge in [0.25, 0.3) is 5.91 Å². The van der Waals surface area contributed by atoms with E-state index in [-0.39, 0.29) is 17.7 Å². The van der Waals surface area contributed by atoms with Gasteiger partial charge in [-0.3, -0.25) is 14.5 Å². The molecule has 1 atom stereocenters. The normalized spacial score (nSPS) is 17.5. The standard InChI is InChI=1S/C21H25N3O2/c1-22-20(25)17-9-11-19(12-10-17)23-21(26)18-8-5-13-24(15-18)14-16-6-3-2-4-7-16/h2-4,6-7,9-12,18H,5,8,13-15H2,1H3,(H,22,25)(H,23,26). The maximum absolute atomic E-state index is 12.6. The highest BCUT2D eigenvalue weighted by atomic mass is 16.2. The highest BCUT2D eigenvalue weighted by Crippen LogP contribution is 2.20. The van der Waals surface area contributed by atoms with Crippen molar-refractivity contribution in [2.75, 3.05) is 25.5 Å². The van der Waals surface area contributed by atoms with Gasteiger partial charge in [0.1, 0.15) is 0 Å². The lowest BCUT2D eigenvalue weighted by Gasteiger charge is -2.32. The van der Waals surface area contributed by atoms with Crippen LogP contribution in [0.3, 0.4) is 0 Å². The first-order chi connectivity index (χ1) is 12.7. The summed E-state index contributed by atoms with van der Waals surface area (Å²) in [5, 5.41) is 5.57. The largest absolute Gasteiger partial charge is 0.355 e. The van der Waals surface area contributed by atoms with Crippen LogP contribution in [-0.2, 0) is 11.3 Å². The van der Waals surface area contributed by atoms with Crippen LogP contribution in [0.15, 0.2) is 54.6 Å². The summed E-state index contributed by atoms with van der Waals surface area (Å²) in [4.78, 5) is 26.5. The zero-order valence-electron chi connectivity index (χ0n) is 15.1. The van der Waals surface area contributed by atoms with Gasteiger partial charge in [0, 0.05) is 31.4 Å². The Bertz CT molecular complexity index is 744. The summed E-state index contributed by atoms with van der Waals surface area (Å²) in [6.45, 7) is 2.68. The molecule has 136 valence electrons. The Hall–Kier alpha value is -2.66. The Morgan fingerprint density at radius 1 is 1.08 bits per heavy atom. The van der Waals surface area contributed by atoms with E-state index in [0.717, 1.165) is 38.2 Å². The third kappa shape index (κ3) is 4.70. The van der Waals surface area contributed by atoms with Crippen molar-refractivity contribution in [1.82, 2.24) is 10.2 Å². The number of amides is 2. The number of benzene rings is 2. The van der Waals surface area contributed by atoms with Crippen molar-refractivity contribution in [3.8, 4) is 0 Å². The molecule has 1 unspecified atom stereocenters. The number of hydrogen-bond donors (Lipinski definition) is 2. The number of rotatable bonds is 5. The fourth-order valence-corrected chi connectivity index (χ4v) is 3.35. The molecule has 2 N–H and O–H groups in total. The van der Waals surface area contributed by atoms with E-state index in [4.69, 9.17) is 0 Å². The zero-order chi connectivity index (χ0) is 18.4. The molecule has 0 saturated carbocycles. The maximum atomic E-state index is 12.6. The summed E-state index contributed by atoms with van der Waals surface area (Å²) in [5.74, 6) is -0.0896. The lowest BCUT2D eigenvalue weighted by molar-refractivity contribution is -0.121. The van der Waals surface area contributed by atoms with Gasteiger partial charge in [-0.05, 0) is 49.2 Å². The Kier molecular flexibility index (Phi) is 6.02. The highest BCUT2D eigenvalue weighted by molar-refractivity contribution is 5.96. The summed E-state index contributed by atoms with van der Waals surface area (Å²) in [5.41, 5.74) is 2.58. The second-order valence-corrected chi connectivity index (χ2v) is 6.71. The molecule has 3 rings (SSSR count). The van der Waals surface area contributed by atoms with E-state index < -0.39 is 0 Å². The van der Waals surface area contributed by atoms with Gasteiger partial charge in [0.05, 0.1) is 5.92 Å². The minimum atomic E-state index is -0.133. The molecule has 1 saturated heterocycles. The molecule has 5 nitrogen and oxygen atoms in total. The van der Waals surface area contributed by atoms with Crippen molar-refractivity contribution in [1.29, 1.82) is 0 Å². The van der Waals surface area contributed by atoms with Gasteiger partial charge >= 0.3 is 0 Å². The number of anilines is 1. The number of hydrogen-bond acceptors (Lipinski definition) is 3. The van der Waals surface area contributed by atoms with Crippen LogP contribution in [0.5, 0.6) is 0 Å². The minimum Gasteiger partial charge on any atom is -0.355 e. The average Bonchev–Trinajstić information content (AvgIpc) is 2.69. The fraction of sp³-hybridized carbons (Fsp3) is 0.333. The summed E-state index contributed by atoms with van der Waals surface area (Å²) in [7, 11) is 1.60. The number of nitrogens with zero attached hydrogens (tertiary/aromatic N) is 1. The minimum absolute atomic E-state index is 0.00826. The van der Waals surface area contributed by atoms with Crippen LogP contribution in [0.1, 0.15) is 28.8 Å². The van der Waals surface area contributed by atoms with E-state index in [2.05, 4.69) is 27.7 Å². The molecule has 2 amide bonds. The van der Waals surface area contributed by atoms with Crippen molar-refractivity contribution in [3.05, 3.63) is 65.7 Å². The van der Waals surface area contributed by atoms with E-state index in [1.165, 1.54) is 5.56 Å². The Morgan fingerprint density at radius 3 is 2.50 bits per heavy atom. The SMILES string of the molecule is CNC(=O)c1ccc(NC(=O)C2CCCN(Cc3ccccc3)C2)cc1. The molecular formula is C21H25N3O2. The lowest BCUT2D eigenvalue weighted by atomic mass is 9.96. The number of piperidine rings is 1. The number of carbonyl (C=O) groups is 2. The first kappa shape index (κ1) is 18.1. The molecule has 26 heavy (non-hydrogen) atoms. The molecule has 1 aliphatic rings. The van der Waals surface area contributed by atoms with Gasteiger partial charge < -0.3 is 10.6 Å². The second-order valence-electron chi connectivity index (χ2n) is 6.71. The number of nitrogens with one attached hydrogen (secondary N) is 2. The van der Waals surface area contributed by atoms with Crippen molar-refractivity contribution in [2.24, 2.45) is 5.92 Å². The third-order valence-electron chi connectivity index (χ3n) is 4.77. The van der Waals surface area contributed by atoms with Gasteiger partial charge in [-0.15, -0.1) is 0 Å². The monoisotopic (exact) mass is 351 g/mol. The zero-order valence-corrected chi connectivity index (χ0v) is 15.1. The lowest BCUT2D eigenvalue weighted by Crippen LogP contribution is -2.40. The topological polar surface area (TPSA) is 61.4 Å². The molecule has 1 aliphatic heterocycles.